The van der Waals surface area contributed by atoms with Crippen molar-refractivity contribution in [2.24, 2.45) is 0 Å². The van der Waals surface area contributed by atoms with Crippen LogP contribution in [0, 0.1) is 0 Å². The molecule has 0 unspecified atom stereocenters. The lowest BCUT2D eigenvalue weighted by atomic mass is 9.86. The number of amides is 2. The van der Waals surface area contributed by atoms with Gasteiger partial charge in [-0.2, -0.15) is 0 Å². The molecule has 0 bridgehead atoms. The zero-order chi connectivity index (χ0) is 20.3. The van der Waals surface area contributed by atoms with Crippen molar-refractivity contribution in [3.8, 4) is 5.75 Å². The molecule has 2 aromatic carbocycles. The van der Waals surface area contributed by atoms with E-state index in [-0.39, 0.29) is 17.2 Å². The molecule has 1 heterocycles. The van der Waals surface area contributed by atoms with Gasteiger partial charge in [-0.1, -0.05) is 39.0 Å². The molecule has 1 fully saturated rings. The van der Waals surface area contributed by atoms with Crippen molar-refractivity contribution in [3.63, 3.8) is 0 Å². The van der Waals surface area contributed by atoms with Gasteiger partial charge in [0.1, 0.15) is 5.75 Å². The van der Waals surface area contributed by atoms with Gasteiger partial charge in [-0.05, 0) is 41.3 Å². The molecule has 148 valence electrons. The molecule has 0 spiro atoms. The summed E-state index contributed by atoms with van der Waals surface area (Å²) in [6.07, 6.45) is 0. The fraction of sp³-hybridized carbons (Fsp3) is 0.391. The number of carbonyl (C=O) groups is 2. The van der Waals surface area contributed by atoms with Crippen LogP contribution in [0.3, 0.4) is 0 Å². The fourth-order valence-corrected chi connectivity index (χ4v) is 3.35. The summed E-state index contributed by atoms with van der Waals surface area (Å²) in [5, 5.41) is 0. The Kier molecular flexibility index (Phi) is 5.73. The normalized spacial score (nSPS) is 14.7. The van der Waals surface area contributed by atoms with Gasteiger partial charge in [-0.25, -0.2) is 0 Å². The minimum atomic E-state index is -0.0273. The zero-order valence-electron chi connectivity index (χ0n) is 17.1. The summed E-state index contributed by atoms with van der Waals surface area (Å²) < 4.78 is 5.20. The standard InChI is InChI=1S/C23H28N2O3/c1-23(2,3)19-10-8-17(9-11-19)21(26)24-12-14-25(15-13-24)22(27)18-6-5-7-20(16-18)28-4/h5-11,16H,12-15H2,1-4H3. The van der Waals surface area contributed by atoms with E-state index in [0.29, 0.717) is 43.1 Å². The van der Waals surface area contributed by atoms with Gasteiger partial charge in [-0.3, -0.25) is 9.59 Å². The number of piperazine rings is 1. The van der Waals surface area contributed by atoms with Gasteiger partial charge in [0.05, 0.1) is 7.11 Å². The highest BCUT2D eigenvalue weighted by Crippen LogP contribution is 2.23. The first-order valence-corrected chi connectivity index (χ1v) is 9.63. The van der Waals surface area contributed by atoms with E-state index < -0.39 is 0 Å². The number of methoxy groups -OCH3 is 1. The van der Waals surface area contributed by atoms with Crippen LogP contribution in [-0.2, 0) is 5.41 Å². The smallest absolute Gasteiger partial charge is 0.254 e. The van der Waals surface area contributed by atoms with Gasteiger partial charge >= 0.3 is 0 Å². The first kappa shape index (κ1) is 19.9. The van der Waals surface area contributed by atoms with Crippen LogP contribution >= 0.6 is 0 Å². The second-order valence-corrected chi connectivity index (χ2v) is 8.14. The zero-order valence-corrected chi connectivity index (χ0v) is 17.1. The largest absolute Gasteiger partial charge is 0.497 e. The number of ether oxygens (including phenoxy) is 1. The van der Waals surface area contributed by atoms with E-state index in [0.717, 1.165) is 0 Å². The minimum Gasteiger partial charge on any atom is -0.497 e. The molecular formula is C23H28N2O3. The Morgan fingerprint density at radius 1 is 0.821 bits per heavy atom. The topological polar surface area (TPSA) is 49.9 Å². The molecule has 0 saturated carbocycles. The lowest BCUT2D eigenvalue weighted by Crippen LogP contribution is -2.50. The highest BCUT2D eigenvalue weighted by molar-refractivity contribution is 5.96. The van der Waals surface area contributed by atoms with Crippen LogP contribution < -0.4 is 4.74 Å². The van der Waals surface area contributed by atoms with Gasteiger partial charge in [0, 0.05) is 37.3 Å². The predicted octanol–water partition coefficient (Wildman–Crippen LogP) is 3.59. The van der Waals surface area contributed by atoms with E-state index in [4.69, 9.17) is 4.74 Å². The minimum absolute atomic E-state index is 0.0222. The van der Waals surface area contributed by atoms with Crippen LogP contribution in [0.5, 0.6) is 5.75 Å². The molecule has 0 atom stereocenters. The molecule has 5 heteroatoms. The second-order valence-electron chi connectivity index (χ2n) is 8.14. The Bertz CT molecular complexity index is 845. The maximum absolute atomic E-state index is 12.8. The SMILES string of the molecule is COc1cccc(C(=O)N2CCN(C(=O)c3ccc(C(C)(C)C)cc3)CC2)c1. The molecule has 0 radical (unpaired) electrons. The number of hydrogen-bond acceptors (Lipinski definition) is 3. The van der Waals surface area contributed by atoms with Crippen LogP contribution in [0.4, 0.5) is 0 Å². The third kappa shape index (κ3) is 4.35. The maximum atomic E-state index is 12.8. The third-order valence-corrected chi connectivity index (χ3v) is 5.17. The summed E-state index contributed by atoms with van der Waals surface area (Å²) in [4.78, 5) is 29.1. The molecule has 0 aliphatic carbocycles. The number of benzene rings is 2. The highest BCUT2D eigenvalue weighted by atomic mass is 16.5. The van der Waals surface area contributed by atoms with Crippen LogP contribution in [0.1, 0.15) is 47.1 Å². The Labute approximate surface area is 166 Å². The molecule has 3 rings (SSSR count). The van der Waals surface area contributed by atoms with E-state index in [1.165, 1.54) is 5.56 Å². The third-order valence-electron chi connectivity index (χ3n) is 5.17. The van der Waals surface area contributed by atoms with Crippen LogP contribution in [-0.4, -0.2) is 54.9 Å². The quantitative estimate of drug-likeness (QED) is 0.818. The summed E-state index contributed by atoms with van der Waals surface area (Å²) in [5.41, 5.74) is 2.57. The second kappa shape index (κ2) is 8.05. The van der Waals surface area contributed by atoms with Crippen LogP contribution in [0.2, 0.25) is 0 Å². The van der Waals surface area contributed by atoms with Gasteiger partial charge in [0.2, 0.25) is 0 Å². The summed E-state index contributed by atoms with van der Waals surface area (Å²) in [7, 11) is 1.59. The summed E-state index contributed by atoms with van der Waals surface area (Å²) in [5.74, 6) is 0.660. The van der Waals surface area contributed by atoms with Crippen molar-refractivity contribution in [1.82, 2.24) is 9.80 Å². The number of nitrogens with zero attached hydrogens (tertiary/aromatic N) is 2. The molecule has 1 saturated heterocycles. The van der Waals surface area contributed by atoms with E-state index in [1.54, 1.807) is 24.1 Å². The number of rotatable bonds is 3. The van der Waals surface area contributed by atoms with Crippen molar-refractivity contribution in [2.45, 2.75) is 26.2 Å². The molecule has 1 aliphatic heterocycles. The molecule has 2 amide bonds. The Morgan fingerprint density at radius 3 is 1.86 bits per heavy atom. The first-order chi connectivity index (χ1) is 13.3. The van der Waals surface area contributed by atoms with Crippen molar-refractivity contribution >= 4 is 11.8 Å². The lowest BCUT2D eigenvalue weighted by Gasteiger charge is -2.35. The summed E-state index contributed by atoms with van der Waals surface area (Å²) >= 11 is 0. The summed E-state index contributed by atoms with van der Waals surface area (Å²) in [6, 6.07) is 15.0. The Morgan fingerprint density at radius 2 is 1.36 bits per heavy atom. The Hall–Kier alpha value is -2.82. The van der Waals surface area contributed by atoms with Crippen molar-refractivity contribution < 1.29 is 14.3 Å². The van der Waals surface area contributed by atoms with Crippen LogP contribution in [0.25, 0.3) is 0 Å². The molecule has 28 heavy (non-hydrogen) atoms. The van der Waals surface area contributed by atoms with Gasteiger partial charge in [-0.15, -0.1) is 0 Å². The van der Waals surface area contributed by atoms with E-state index in [1.807, 2.05) is 41.3 Å². The van der Waals surface area contributed by atoms with E-state index in [9.17, 15) is 9.59 Å². The van der Waals surface area contributed by atoms with Crippen molar-refractivity contribution in [3.05, 3.63) is 65.2 Å². The lowest BCUT2D eigenvalue weighted by molar-refractivity contribution is 0.0535. The average Bonchev–Trinajstić information content (AvgIpc) is 2.72. The molecule has 2 aromatic rings. The number of carbonyl (C=O) groups excluding carboxylic acids is 2. The van der Waals surface area contributed by atoms with Gasteiger partial charge in [0.15, 0.2) is 0 Å². The molecule has 1 aliphatic rings. The fourth-order valence-electron chi connectivity index (χ4n) is 3.35. The molecule has 0 N–H and O–H groups in total. The maximum Gasteiger partial charge on any atom is 0.254 e. The summed E-state index contributed by atoms with van der Waals surface area (Å²) in [6.45, 7) is 8.60. The van der Waals surface area contributed by atoms with Crippen molar-refractivity contribution in [1.29, 1.82) is 0 Å². The highest BCUT2D eigenvalue weighted by Gasteiger charge is 2.26. The van der Waals surface area contributed by atoms with Crippen LogP contribution in [0.15, 0.2) is 48.5 Å². The monoisotopic (exact) mass is 380 g/mol. The van der Waals surface area contributed by atoms with E-state index >= 15 is 0 Å². The number of hydrogen-bond donors (Lipinski definition) is 0. The molecular weight excluding hydrogens is 352 g/mol. The van der Waals surface area contributed by atoms with E-state index in [2.05, 4.69) is 20.8 Å². The predicted molar refractivity (Wildman–Crippen MR) is 110 cm³/mol. The average molecular weight is 380 g/mol. The first-order valence-electron chi connectivity index (χ1n) is 9.63. The molecule has 0 aromatic heterocycles. The Balaban J connectivity index is 1.61. The van der Waals surface area contributed by atoms with Crippen molar-refractivity contribution in [2.75, 3.05) is 33.3 Å². The van der Waals surface area contributed by atoms with Gasteiger partial charge in [0.25, 0.3) is 11.8 Å². The molecule has 5 nitrogen and oxygen atoms in total. The van der Waals surface area contributed by atoms with Gasteiger partial charge < -0.3 is 14.5 Å².